The molecule has 0 saturated carbocycles. The van der Waals surface area contributed by atoms with Gasteiger partial charge in [-0.25, -0.2) is 0 Å². The highest BCUT2D eigenvalue weighted by Crippen LogP contribution is 2.57. The van der Waals surface area contributed by atoms with Crippen molar-refractivity contribution in [1.82, 2.24) is 0 Å². The van der Waals surface area contributed by atoms with Crippen LogP contribution in [-0.2, 0) is 0 Å². The SMILES string of the molecule is CCCCCCCCCCCCCCCCCCCCCCCCC1c2cc(O)c(O)c1c2O. The Morgan fingerprint density at radius 3 is 1.21 bits per heavy atom. The molecule has 0 fully saturated rings. The van der Waals surface area contributed by atoms with Crippen molar-refractivity contribution in [3.8, 4) is 17.2 Å². The minimum Gasteiger partial charge on any atom is -0.507 e. The zero-order valence-corrected chi connectivity index (χ0v) is 22.3. The predicted molar refractivity (Wildman–Crippen MR) is 145 cm³/mol. The summed E-state index contributed by atoms with van der Waals surface area (Å²) in [6, 6.07) is 1.51. The molecule has 3 N–H and O–H groups in total. The first-order valence-electron chi connectivity index (χ1n) is 14.9. The second-order valence-corrected chi connectivity index (χ2v) is 10.9. The van der Waals surface area contributed by atoms with E-state index in [1.807, 2.05) is 0 Å². The van der Waals surface area contributed by atoms with E-state index in [4.69, 9.17) is 0 Å². The molecule has 2 aliphatic carbocycles. The maximum absolute atomic E-state index is 9.87. The molecule has 1 atom stereocenters. The topological polar surface area (TPSA) is 60.7 Å². The van der Waals surface area contributed by atoms with Crippen LogP contribution in [0.3, 0.4) is 0 Å². The van der Waals surface area contributed by atoms with Gasteiger partial charge in [-0.05, 0) is 12.5 Å². The number of phenols is 3. The number of rotatable bonds is 23. The summed E-state index contributed by atoms with van der Waals surface area (Å²) in [6.07, 6.45) is 31.6. The van der Waals surface area contributed by atoms with E-state index < -0.39 is 0 Å². The van der Waals surface area contributed by atoms with Crippen molar-refractivity contribution in [3.63, 3.8) is 0 Å². The minimum absolute atomic E-state index is 0.104. The number of phenolic OH excluding ortho intramolecular Hbond substituents is 3. The Labute approximate surface area is 210 Å². The van der Waals surface area contributed by atoms with Gasteiger partial charge in [0.1, 0.15) is 5.75 Å². The van der Waals surface area contributed by atoms with Gasteiger partial charge >= 0.3 is 0 Å². The highest BCUT2D eigenvalue weighted by molar-refractivity contribution is 5.69. The Morgan fingerprint density at radius 1 is 0.500 bits per heavy atom. The van der Waals surface area contributed by atoms with E-state index in [0.29, 0.717) is 5.56 Å². The second kappa shape index (κ2) is 18.0. The molecule has 1 unspecified atom stereocenters. The van der Waals surface area contributed by atoms with Gasteiger partial charge in [0, 0.05) is 17.0 Å². The molecular weight excluding hydrogens is 420 g/mol. The average molecular weight is 475 g/mol. The third-order valence-electron chi connectivity index (χ3n) is 7.89. The lowest BCUT2D eigenvalue weighted by Crippen LogP contribution is -2.13. The van der Waals surface area contributed by atoms with Crippen molar-refractivity contribution in [1.29, 1.82) is 0 Å². The highest BCUT2D eigenvalue weighted by atomic mass is 16.3. The van der Waals surface area contributed by atoms with Gasteiger partial charge in [0.05, 0.1) is 0 Å². The van der Waals surface area contributed by atoms with Crippen molar-refractivity contribution in [3.05, 3.63) is 17.2 Å². The molecule has 3 rings (SSSR count). The smallest absolute Gasteiger partial charge is 0.165 e. The molecule has 0 amide bonds. The van der Waals surface area contributed by atoms with Crippen LogP contribution in [0, 0.1) is 0 Å². The first-order valence-corrected chi connectivity index (χ1v) is 14.9. The molecule has 196 valence electrons. The van der Waals surface area contributed by atoms with Crippen LogP contribution in [0.5, 0.6) is 17.2 Å². The van der Waals surface area contributed by atoms with E-state index in [2.05, 4.69) is 6.92 Å². The molecule has 3 nitrogen and oxygen atoms in total. The van der Waals surface area contributed by atoms with Crippen LogP contribution in [0.2, 0.25) is 0 Å². The lowest BCUT2D eigenvalue weighted by molar-refractivity contribution is 0.362. The van der Waals surface area contributed by atoms with Gasteiger partial charge in [-0.3, -0.25) is 0 Å². The first kappa shape index (κ1) is 28.9. The van der Waals surface area contributed by atoms with E-state index in [0.717, 1.165) is 18.4 Å². The zero-order valence-electron chi connectivity index (χ0n) is 22.3. The first-order chi connectivity index (χ1) is 16.7. The van der Waals surface area contributed by atoms with E-state index in [9.17, 15) is 15.3 Å². The number of fused-ring (bicyclic) bond motifs is 2. The Bertz CT molecular complexity index is 655. The average Bonchev–Trinajstić information content (AvgIpc) is 2.83. The van der Waals surface area contributed by atoms with Gasteiger partial charge < -0.3 is 15.3 Å². The molecule has 2 bridgehead atoms. The third-order valence-corrected chi connectivity index (χ3v) is 7.89. The fourth-order valence-electron chi connectivity index (χ4n) is 5.62. The maximum atomic E-state index is 9.87. The largest absolute Gasteiger partial charge is 0.507 e. The summed E-state index contributed by atoms with van der Waals surface area (Å²) in [5, 5.41) is 29.3. The van der Waals surface area contributed by atoms with Crippen LogP contribution < -0.4 is 0 Å². The maximum Gasteiger partial charge on any atom is 0.165 e. The van der Waals surface area contributed by atoms with Crippen LogP contribution in [0.15, 0.2) is 6.07 Å². The molecule has 0 aliphatic heterocycles. The standard InChI is InChI=1S/C31H54O3/c1-2-3-4-5-6-7-8-9-10-11-12-13-14-15-16-17-18-19-20-21-22-23-24-26-27-25-28(32)31(34)29(26)30(27)33/h25-26,32-34H,2-24H2,1H3. The predicted octanol–water partition coefficient (Wildman–Crippen LogP) is 10.2. The van der Waals surface area contributed by atoms with E-state index in [1.165, 1.54) is 141 Å². The molecule has 1 aromatic rings. The van der Waals surface area contributed by atoms with Crippen molar-refractivity contribution in [2.24, 2.45) is 0 Å². The lowest BCUT2D eigenvalue weighted by atomic mass is 9.75. The van der Waals surface area contributed by atoms with Gasteiger partial charge in [-0.1, -0.05) is 148 Å². The molecule has 2 aliphatic rings. The van der Waals surface area contributed by atoms with Gasteiger partial charge in [-0.2, -0.15) is 0 Å². The zero-order chi connectivity index (χ0) is 24.4. The number of unbranched alkanes of at least 4 members (excludes halogenated alkanes) is 21. The number of hydrogen-bond donors (Lipinski definition) is 3. The summed E-state index contributed by atoms with van der Waals surface area (Å²) >= 11 is 0. The molecule has 3 heteroatoms. The second-order valence-electron chi connectivity index (χ2n) is 10.9. The molecule has 0 saturated heterocycles. The summed E-state index contributed by atoms with van der Waals surface area (Å²) in [5.74, 6) is 0.0737. The third kappa shape index (κ3) is 10.5. The Balaban J connectivity index is 1.25. The van der Waals surface area contributed by atoms with Crippen LogP contribution in [0.25, 0.3) is 0 Å². The number of benzene rings is 1. The highest BCUT2D eigenvalue weighted by Gasteiger charge is 2.36. The molecule has 34 heavy (non-hydrogen) atoms. The lowest BCUT2D eigenvalue weighted by Gasteiger charge is -2.31. The quantitative estimate of drug-likeness (QED) is 0.0839. The summed E-state index contributed by atoms with van der Waals surface area (Å²) < 4.78 is 0. The van der Waals surface area contributed by atoms with Gasteiger partial charge in [-0.15, -0.1) is 0 Å². The fraction of sp³-hybridized carbons (Fsp3) is 0.806. The summed E-state index contributed by atoms with van der Waals surface area (Å²) in [4.78, 5) is 0. The Kier molecular flexibility index (Phi) is 15.2. The monoisotopic (exact) mass is 474 g/mol. The molecule has 0 radical (unpaired) electrons. The van der Waals surface area contributed by atoms with Crippen LogP contribution >= 0.6 is 0 Å². The fourth-order valence-corrected chi connectivity index (χ4v) is 5.62. The number of aromatic hydroxyl groups is 3. The minimum atomic E-state index is -0.128. The normalized spacial score (nSPS) is 14.4. The Morgan fingerprint density at radius 2 is 0.853 bits per heavy atom. The van der Waals surface area contributed by atoms with Crippen LogP contribution in [0.4, 0.5) is 0 Å². The Hall–Kier alpha value is -1.38. The van der Waals surface area contributed by atoms with Crippen molar-refractivity contribution >= 4 is 0 Å². The van der Waals surface area contributed by atoms with Crippen LogP contribution in [0.1, 0.15) is 172 Å². The van der Waals surface area contributed by atoms with E-state index in [-0.39, 0.29) is 23.2 Å². The molecular formula is C31H54O3. The summed E-state index contributed by atoms with van der Waals surface area (Å²) in [6.45, 7) is 2.29. The van der Waals surface area contributed by atoms with Crippen LogP contribution in [-0.4, -0.2) is 15.3 Å². The van der Waals surface area contributed by atoms with Crippen molar-refractivity contribution in [2.45, 2.75) is 161 Å². The summed E-state index contributed by atoms with van der Waals surface area (Å²) in [5.41, 5.74) is 1.35. The summed E-state index contributed by atoms with van der Waals surface area (Å²) in [7, 11) is 0. The molecule has 1 aromatic carbocycles. The number of hydrogen-bond acceptors (Lipinski definition) is 3. The van der Waals surface area contributed by atoms with Gasteiger partial charge in [0.25, 0.3) is 0 Å². The van der Waals surface area contributed by atoms with E-state index >= 15 is 0 Å². The van der Waals surface area contributed by atoms with E-state index in [1.54, 1.807) is 0 Å². The van der Waals surface area contributed by atoms with Gasteiger partial charge in [0.15, 0.2) is 11.5 Å². The molecule has 0 aromatic heterocycles. The van der Waals surface area contributed by atoms with Gasteiger partial charge in [0.2, 0.25) is 0 Å². The molecule has 0 heterocycles. The molecule has 0 spiro atoms. The van der Waals surface area contributed by atoms with Crippen molar-refractivity contribution in [2.75, 3.05) is 0 Å². The van der Waals surface area contributed by atoms with Crippen molar-refractivity contribution < 1.29 is 15.3 Å².